The molecule has 7 nitrogen and oxygen atoms in total. The highest BCUT2D eigenvalue weighted by atomic mass is 32.2. The number of amides is 1. The molecule has 3 rings (SSSR count). The Morgan fingerprint density at radius 3 is 2.32 bits per heavy atom. The fraction of sp³-hybridized carbons (Fsp3) is 0.381. The Hall–Kier alpha value is -2.72. The molecule has 1 saturated heterocycles. The highest BCUT2D eigenvalue weighted by Gasteiger charge is 2.26. The first-order chi connectivity index (χ1) is 14.8. The van der Waals surface area contributed by atoms with Crippen LogP contribution in [0.5, 0.6) is 5.75 Å². The van der Waals surface area contributed by atoms with Gasteiger partial charge in [0.2, 0.25) is 15.9 Å². The summed E-state index contributed by atoms with van der Waals surface area (Å²) in [7, 11) is -2.28. The molecule has 1 amide bonds. The molecule has 0 radical (unpaired) electrons. The van der Waals surface area contributed by atoms with Crippen LogP contribution in [0.1, 0.15) is 25.7 Å². The molecule has 168 valence electrons. The summed E-state index contributed by atoms with van der Waals surface area (Å²) in [6.45, 7) is 0.582. The summed E-state index contributed by atoms with van der Waals surface area (Å²) in [6.07, 6.45) is 3.62. The average molecular weight is 454 g/mol. The number of rotatable bonds is 7. The average Bonchev–Trinajstić information content (AvgIpc) is 3.05. The quantitative estimate of drug-likeness (QED) is 0.669. The molecule has 2 N–H and O–H groups in total. The normalized spacial score (nSPS) is 15.2. The Bertz CT molecular complexity index is 1020. The lowest BCUT2D eigenvalue weighted by atomic mass is 10.2. The van der Waals surface area contributed by atoms with E-state index in [1.54, 1.807) is 0 Å². The van der Waals surface area contributed by atoms with E-state index in [2.05, 4.69) is 10.6 Å². The van der Waals surface area contributed by atoms with Crippen LogP contribution in [0, 0.1) is 11.6 Å². The lowest BCUT2D eigenvalue weighted by Crippen LogP contribution is -2.32. The minimum Gasteiger partial charge on any atom is -0.495 e. The van der Waals surface area contributed by atoms with Gasteiger partial charge < -0.3 is 15.4 Å². The predicted octanol–water partition coefficient (Wildman–Crippen LogP) is 3.59. The Kier molecular flexibility index (Phi) is 7.45. The number of carbonyl (C=O) groups is 1. The molecule has 0 saturated carbocycles. The molecule has 0 bridgehead atoms. The minimum absolute atomic E-state index is 0.0817. The minimum atomic E-state index is -3.69. The molecule has 0 aliphatic carbocycles. The van der Waals surface area contributed by atoms with E-state index >= 15 is 0 Å². The number of benzene rings is 2. The van der Waals surface area contributed by atoms with Gasteiger partial charge in [0.1, 0.15) is 23.1 Å². The topological polar surface area (TPSA) is 87.7 Å². The van der Waals surface area contributed by atoms with Crippen LogP contribution in [0.25, 0.3) is 0 Å². The summed E-state index contributed by atoms with van der Waals surface area (Å²) >= 11 is 0. The number of nitrogens with one attached hydrogen (secondary N) is 2. The Labute approximate surface area is 180 Å². The monoisotopic (exact) mass is 453 g/mol. The second-order valence-corrected chi connectivity index (χ2v) is 9.12. The van der Waals surface area contributed by atoms with Gasteiger partial charge in [-0.1, -0.05) is 18.9 Å². The number of carbonyl (C=O) groups excluding carboxylic acids is 1. The van der Waals surface area contributed by atoms with Gasteiger partial charge in [-0.2, -0.15) is 4.31 Å². The molecule has 0 spiro atoms. The molecular weight excluding hydrogens is 428 g/mol. The van der Waals surface area contributed by atoms with Crippen LogP contribution in [-0.2, 0) is 14.8 Å². The maximum atomic E-state index is 13.7. The summed E-state index contributed by atoms with van der Waals surface area (Å²) in [6, 6.07) is 7.62. The second kappa shape index (κ2) is 10.1. The van der Waals surface area contributed by atoms with Crippen molar-refractivity contribution in [1.82, 2.24) is 4.31 Å². The van der Waals surface area contributed by atoms with Gasteiger partial charge in [-0.15, -0.1) is 0 Å². The molecule has 0 unspecified atom stereocenters. The van der Waals surface area contributed by atoms with Gasteiger partial charge >= 0.3 is 0 Å². The lowest BCUT2D eigenvalue weighted by Gasteiger charge is -2.21. The second-order valence-electron chi connectivity index (χ2n) is 7.18. The van der Waals surface area contributed by atoms with Crippen molar-refractivity contribution in [3.8, 4) is 5.75 Å². The Balaban J connectivity index is 1.75. The highest BCUT2D eigenvalue weighted by molar-refractivity contribution is 7.89. The lowest BCUT2D eigenvalue weighted by molar-refractivity contribution is -0.114. The third-order valence-corrected chi connectivity index (χ3v) is 6.93. The van der Waals surface area contributed by atoms with Crippen molar-refractivity contribution in [3.05, 3.63) is 48.0 Å². The highest BCUT2D eigenvalue weighted by Crippen LogP contribution is 2.30. The number of ether oxygens (including phenoxy) is 1. The van der Waals surface area contributed by atoms with Crippen molar-refractivity contribution in [2.24, 2.45) is 0 Å². The number of para-hydroxylation sites is 1. The third-order valence-electron chi connectivity index (χ3n) is 5.04. The number of anilines is 2. The summed E-state index contributed by atoms with van der Waals surface area (Å²) in [5.41, 5.74) is -0.263. The van der Waals surface area contributed by atoms with Gasteiger partial charge in [0.15, 0.2) is 0 Å². The molecule has 2 aromatic rings. The fourth-order valence-electron chi connectivity index (χ4n) is 3.39. The van der Waals surface area contributed by atoms with Crippen LogP contribution in [0.3, 0.4) is 0 Å². The molecule has 0 aromatic heterocycles. The third kappa shape index (κ3) is 5.50. The number of hydrogen-bond donors (Lipinski definition) is 2. The van der Waals surface area contributed by atoms with Crippen LogP contribution in [0.15, 0.2) is 41.3 Å². The first kappa shape index (κ1) is 23.0. The number of nitrogens with zero attached hydrogens (tertiary/aromatic N) is 1. The van der Waals surface area contributed by atoms with Gasteiger partial charge in [-0.25, -0.2) is 17.2 Å². The molecule has 1 fully saturated rings. The van der Waals surface area contributed by atoms with E-state index in [4.69, 9.17) is 4.74 Å². The van der Waals surface area contributed by atoms with Gasteiger partial charge in [0, 0.05) is 13.1 Å². The summed E-state index contributed by atoms with van der Waals surface area (Å²) in [4.78, 5) is 12.3. The maximum Gasteiger partial charge on any atom is 0.243 e. The van der Waals surface area contributed by atoms with Crippen LogP contribution >= 0.6 is 0 Å². The van der Waals surface area contributed by atoms with Crippen molar-refractivity contribution in [1.29, 1.82) is 0 Å². The largest absolute Gasteiger partial charge is 0.495 e. The molecular formula is C21H25F2N3O4S. The zero-order valence-corrected chi connectivity index (χ0v) is 18.0. The van der Waals surface area contributed by atoms with E-state index in [0.29, 0.717) is 18.8 Å². The zero-order valence-electron chi connectivity index (χ0n) is 17.2. The van der Waals surface area contributed by atoms with Gasteiger partial charge in [0.05, 0.1) is 24.2 Å². The molecule has 1 aliphatic heterocycles. The van der Waals surface area contributed by atoms with Gasteiger partial charge in [-0.05, 0) is 43.2 Å². The Morgan fingerprint density at radius 1 is 1.06 bits per heavy atom. The number of methoxy groups -OCH3 is 1. The van der Waals surface area contributed by atoms with Crippen LogP contribution in [0.2, 0.25) is 0 Å². The van der Waals surface area contributed by atoms with Crippen molar-refractivity contribution >= 4 is 27.3 Å². The fourth-order valence-corrected chi connectivity index (χ4v) is 4.94. The van der Waals surface area contributed by atoms with Crippen molar-refractivity contribution in [2.45, 2.75) is 30.6 Å². The smallest absolute Gasteiger partial charge is 0.243 e. The zero-order chi connectivity index (χ0) is 22.4. The summed E-state index contributed by atoms with van der Waals surface area (Å²) in [5, 5.41) is 4.96. The first-order valence-corrected chi connectivity index (χ1v) is 11.4. The van der Waals surface area contributed by atoms with Gasteiger partial charge in [0.25, 0.3) is 0 Å². The number of hydrogen-bond acceptors (Lipinski definition) is 5. The van der Waals surface area contributed by atoms with Crippen molar-refractivity contribution in [2.75, 3.05) is 37.4 Å². The molecule has 2 aromatic carbocycles. The van der Waals surface area contributed by atoms with Crippen LogP contribution < -0.4 is 15.4 Å². The van der Waals surface area contributed by atoms with Crippen LogP contribution in [-0.4, -0.2) is 45.4 Å². The standard InChI is InChI=1S/C21H25F2N3O4S/c1-30-19-10-9-15(31(28,29)26-11-4-2-3-5-12-26)13-18(19)24-14-20(27)25-21-16(22)7-6-8-17(21)23/h6-10,13,24H,2-5,11-12,14H2,1H3,(H,25,27). The maximum absolute atomic E-state index is 13.7. The SMILES string of the molecule is COc1ccc(S(=O)(=O)N2CCCCCC2)cc1NCC(=O)Nc1c(F)cccc1F. The van der Waals surface area contributed by atoms with E-state index in [9.17, 15) is 22.0 Å². The van der Waals surface area contributed by atoms with Crippen LogP contribution in [0.4, 0.5) is 20.2 Å². The number of halogens is 2. The molecule has 1 aliphatic rings. The van der Waals surface area contributed by atoms with E-state index in [-0.39, 0.29) is 17.1 Å². The molecule has 0 atom stereocenters. The van der Waals surface area contributed by atoms with Crippen molar-refractivity contribution in [3.63, 3.8) is 0 Å². The van der Waals surface area contributed by atoms with Gasteiger partial charge in [-0.3, -0.25) is 4.79 Å². The summed E-state index contributed by atoms with van der Waals surface area (Å²) in [5.74, 6) is -2.15. The molecule has 10 heteroatoms. The predicted molar refractivity (Wildman–Crippen MR) is 114 cm³/mol. The van der Waals surface area contributed by atoms with E-state index in [1.165, 1.54) is 35.7 Å². The number of sulfonamides is 1. The van der Waals surface area contributed by atoms with E-state index < -0.39 is 33.3 Å². The van der Waals surface area contributed by atoms with E-state index in [0.717, 1.165) is 37.8 Å². The van der Waals surface area contributed by atoms with E-state index in [1.807, 2.05) is 0 Å². The summed E-state index contributed by atoms with van der Waals surface area (Å²) < 4.78 is 60.2. The molecule has 1 heterocycles. The Morgan fingerprint density at radius 2 is 1.71 bits per heavy atom. The van der Waals surface area contributed by atoms with Crippen molar-refractivity contribution < 1.29 is 26.7 Å². The first-order valence-electron chi connectivity index (χ1n) is 9.99. The molecule has 31 heavy (non-hydrogen) atoms.